The summed E-state index contributed by atoms with van der Waals surface area (Å²) in [5.41, 5.74) is 1.59. The zero-order chi connectivity index (χ0) is 30.5. The Hall–Kier alpha value is -1.30. The molecule has 1 fully saturated rings. The molecule has 41 heavy (non-hydrogen) atoms. The van der Waals surface area contributed by atoms with Crippen molar-refractivity contribution in [2.24, 2.45) is 17.8 Å². The van der Waals surface area contributed by atoms with Crippen LogP contribution in [-0.2, 0) is 24.5 Å². The van der Waals surface area contributed by atoms with Crippen molar-refractivity contribution in [1.82, 2.24) is 0 Å². The van der Waals surface area contributed by atoms with Gasteiger partial charge in [-0.25, -0.2) is 0 Å². The van der Waals surface area contributed by atoms with Crippen LogP contribution in [0.15, 0.2) is 42.5 Å². The Balaban J connectivity index is 2.41. The van der Waals surface area contributed by atoms with Crippen LogP contribution in [0.5, 0.6) is 0 Å². The third-order valence-corrected chi connectivity index (χ3v) is 25.9. The quantitative estimate of drug-likeness (QED) is 0.0884. The first-order valence-corrected chi connectivity index (χ1v) is 24.6. The standard InChI is InChI=1S/C24H33O4.3C4H9.Sn/c1-16-12-13-20(24(4,5)19-10-8-7-9-11-19)21(14-16)28-23(26)18(3)15-17(2)22(25)27-6;3*1-3-4-2;/h7-11,16,18,20-21H,2-3,12-15H2,1,4-6H3;3*1,3-4H2,2H3;/t16-,18?,20-,21-;;;;/m1..../s1. The summed E-state index contributed by atoms with van der Waals surface area (Å²) in [6.07, 6.45) is 10.6. The summed E-state index contributed by atoms with van der Waals surface area (Å²) >= 11 is -2.72. The van der Waals surface area contributed by atoms with E-state index in [0.717, 1.165) is 23.7 Å². The maximum absolute atomic E-state index is 14.3. The van der Waals surface area contributed by atoms with Gasteiger partial charge in [-0.2, -0.15) is 0 Å². The molecule has 232 valence electrons. The van der Waals surface area contributed by atoms with Gasteiger partial charge in [-0.3, -0.25) is 0 Å². The number of methoxy groups -OCH3 is 1. The molecule has 2 rings (SSSR count). The van der Waals surface area contributed by atoms with Crippen LogP contribution in [0, 0.1) is 17.8 Å². The fourth-order valence-corrected chi connectivity index (χ4v) is 24.4. The van der Waals surface area contributed by atoms with Crippen LogP contribution >= 0.6 is 0 Å². The molecule has 0 bridgehead atoms. The molecule has 4 atom stereocenters. The molecule has 1 aromatic carbocycles. The van der Waals surface area contributed by atoms with Gasteiger partial charge in [0.2, 0.25) is 0 Å². The molecule has 1 aliphatic carbocycles. The van der Waals surface area contributed by atoms with Crippen LogP contribution < -0.4 is 0 Å². The molecule has 0 amide bonds. The summed E-state index contributed by atoms with van der Waals surface area (Å²) in [5, 5.41) is 0. The first-order valence-electron chi connectivity index (χ1n) is 16.6. The van der Waals surface area contributed by atoms with Crippen molar-refractivity contribution in [3.05, 3.63) is 48.0 Å². The predicted octanol–water partition coefficient (Wildman–Crippen LogP) is 9.90. The third-order valence-electron chi connectivity index (χ3n) is 9.93. The van der Waals surface area contributed by atoms with Gasteiger partial charge in [0.05, 0.1) is 0 Å². The van der Waals surface area contributed by atoms with E-state index >= 15 is 0 Å². The molecule has 1 aromatic rings. The van der Waals surface area contributed by atoms with Gasteiger partial charge in [-0.1, -0.05) is 0 Å². The molecule has 0 aliphatic heterocycles. The average Bonchev–Trinajstić information content (AvgIpc) is 2.97. The van der Waals surface area contributed by atoms with Crippen molar-refractivity contribution >= 4 is 30.3 Å². The molecule has 0 aromatic heterocycles. The molecule has 1 saturated carbocycles. The predicted molar refractivity (Wildman–Crippen MR) is 175 cm³/mol. The first kappa shape index (κ1) is 35.9. The second-order valence-electron chi connectivity index (χ2n) is 13.6. The summed E-state index contributed by atoms with van der Waals surface area (Å²) in [7, 11) is 1.40. The Bertz CT molecular complexity index is 918. The van der Waals surface area contributed by atoms with Crippen molar-refractivity contribution in [1.29, 1.82) is 0 Å². The summed E-state index contributed by atoms with van der Waals surface area (Å²) in [4.78, 5) is 26.8. The molecule has 1 unspecified atom stereocenters. The fourth-order valence-electron chi connectivity index (χ4n) is 7.23. The van der Waals surface area contributed by atoms with Crippen LogP contribution in [-0.4, -0.2) is 43.5 Å². The van der Waals surface area contributed by atoms with E-state index in [9.17, 15) is 9.59 Å². The molecular formula is C36H60O4Sn. The van der Waals surface area contributed by atoms with Crippen molar-refractivity contribution in [3.8, 4) is 0 Å². The Kier molecular flexibility index (Phi) is 15.5. The summed E-state index contributed by atoms with van der Waals surface area (Å²) < 4.78 is 16.6. The van der Waals surface area contributed by atoms with Crippen LogP contribution in [0.4, 0.5) is 0 Å². The zero-order valence-corrected chi connectivity index (χ0v) is 30.3. The van der Waals surface area contributed by atoms with Crippen molar-refractivity contribution in [2.75, 3.05) is 7.11 Å². The molecule has 0 spiro atoms. The number of hydrogen-bond donors (Lipinski definition) is 0. The minimum atomic E-state index is -2.72. The summed E-state index contributed by atoms with van der Waals surface area (Å²) in [5.74, 6) is -0.0398. The number of unbranched alkanes of at least 4 members (excludes halogenated alkanes) is 3. The fraction of sp³-hybridized carbons (Fsp3) is 0.722. The van der Waals surface area contributed by atoms with E-state index in [1.165, 1.54) is 64.5 Å². The van der Waals surface area contributed by atoms with E-state index in [0.29, 0.717) is 17.9 Å². The van der Waals surface area contributed by atoms with Crippen LogP contribution in [0.3, 0.4) is 0 Å². The van der Waals surface area contributed by atoms with Gasteiger partial charge in [-0.15, -0.1) is 0 Å². The normalized spacial score (nSPS) is 20.3. The summed E-state index contributed by atoms with van der Waals surface area (Å²) in [6, 6.07) is 10.7. The number of hydrogen-bond acceptors (Lipinski definition) is 4. The number of carbonyl (C=O) groups excluding carboxylic acids is 2. The SMILES string of the molecule is C=C(CC([CH2][Sn]([CH2]CCC)([CH2]CCC)[CH2]CCC)C(=O)O[C@@H]1C[C@H](C)CC[C@H]1C(C)(C)c1ccccc1)C(=O)OC. The Labute approximate surface area is 256 Å². The number of ether oxygens (including phenoxy) is 2. The van der Waals surface area contributed by atoms with Crippen LogP contribution in [0.1, 0.15) is 111 Å². The molecule has 5 heteroatoms. The van der Waals surface area contributed by atoms with Gasteiger partial charge in [-0.05, 0) is 0 Å². The Morgan fingerprint density at radius 1 is 0.976 bits per heavy atom. The minimum absolute atomic E-state index is 0.103. The van der Waals surface area contributed by atoms with E-state index in [-0.39, 0.29) is 29.3 Å². The van der Waals surface area contributed by atoms with Gasteiger partial charge in [0.25, 0.3) is 0 Å². The molecule has 0 heterocycles. The summed E-state index contributed by atoms with van der Waals surface area (Å²) in [6.45, 7) is 17.8. The van der Waals surface area contributed by atoms with Gasteiger partial charge in [0.1, 0.15) is 0 Å². The number of carbonyl (C=O) groups is 2. The van der Waals surface area contributed by atoms with Crippen molar-refractivity contribution < 1.29 is 19.1 Å². The van der Waals surface area contributed by atoms with Crippen molar-refractivity contribution in [2.45, 2.75) is 135 Å². The average molecular weight is 676 g/mol. The molecule has 0 saturated heterocycles. The number of esters is 2. The third kappa shape index (κ3) is 10.7. The van der Waals surface area contributed by atoms with E-state index in [4.69, 9.17) is 9.47 Å². The van der Waals surface area contributed by atoms with Crippen LogP contribution in [0.25, 0.3) is 0 Å². The Morgan fingerprint density at radius 3 is 2.05 bits per heavy atom. The Morgan fingerprint density at radius 2 is 1.54 bits per heavy atom. The van der Waals surface area contributed by atoms with Gasteiger partial charge >= 0.3 is 257 Å². The van der Waals surface area contributed by atoms with Crippen LogP contribution in [0.2, 0.25) is 17.7 Å². The van der Waals surface area contributed by atoms with Gasteiger partial charge in [0, 0.05) is 0 Å². The number of rotatable bonds is 18. The molecule has 4 nitrogen and oxygen atoms in total. The molecular weight excluding hydrogens is 615 g/mol. The molecule has 0 N–H and O–H groups in total. The van der Waals surface area contributed by atoms with E-state index in [1.807, 2.05) is 0 Å². The van der Waals surface area contributed by atoms with Crippen molar-refractivity contribution in [3.63, 3.8) is 0 Å². The molecule has 1 aliphatic rings. The maximum atomic E-state index is 14.3. The second-order valence-corrected chi connectivity index (χ2v) is 27.6. The number of benzene rings is 1. The first-order chi connectivity index (χ1) is 19.5. The topological polar surface area (TPSA) is 52.6 Å². The molecule has 0 radical (unpaired) electrons. The zero-order valence-electron chi connectivity index (χ0n) is 27.4. The van der Waals surface area contributed by atoms with E-state index in [1.54, 1.807) is 0 Å². The van der Waals surface area contributed by atoms with Gasteiger partial charge in [0.15, 0.2) is 0 Å². The van der Waals surface area contributed by atoms with E-state index in [2.05, 4.69) is 78.5 Å². The van der Waals surface area contributed by atoms with E-state index < -0.39 is 24.3 Å². The second kappa shape index (κ2) is 17.7. The van der Waals surface area contributed by atoms with Gasteiger partial charge < -0.3 is 0 Å². The monoisotopic (exact) mass is 676 g/mol.